The van der Waals surface area contributed by atoms with Crippen LogP contribution in [0.3, 0.4) is 0 Å². The number of nitrogens with one attached hydrogen (secondary N) is 2. The highest BCUT2D eigenvalue weighted by Crippen LogP contribution is 2.24. The summed E-state index contributed by atoms with van der Waals surface area (Å²) in [6, 6.07) is 2.54. The van der Waals surface area contributed by atoms with E-state index in [4.69, 9.17) is 0 Å². The number of hydrogen-bond donors (Lipinski definition) is 2. The van der Waals surface area contributed by atoms with Gasteiger partial charge in [0.05, 0.1) is 0 Å². The van der Waals surface area contributed by atoms with Crippen LogP contribution in [0.5, 0.6) is 0 Å². The number of nitrogens with zero attached hydrogens (tertiary/aromatic N) is 2. The van der Waals surface area contributed by atoms with Gasteiger partial charge in [-0.05, 0) is 36.8 Å². The van der Waals surface area contributed by atoms with E-state index < -0.39 is 0 Å². The van der Waals surface area contributed by atoms with Gasteiger partial charge < -0.3 is 15.5 Å². The van der Waals surface area contributed by atoms with E-state index in [-0.39, 0.29) is 29.9 Å². The molecule has 0 fully saturated rings. The minimum atomic E-state index is 0. The molecular formula is C20H35IN4OS. The second-order valence-corrected chi connectivity index (χ2v) is 8.08. The summed E-state index contributed by atoms with van der Waals surface area (Å²) in [7, 11) is 1.78. The van der Waals surface area contributed by atoms with Gasteiger partial charge in [-0.25, -0.2) is 0 Å². The first-order chi connectivity index (χ1) is 12.6. The van der Waals surface area contributed by atoms with E-state index in [2.05, 4.69) is 40.9 Å². The van der Waals surface area contributed by atoms with Gasteiger partial charge in [0.25, 0.3) is 0 Å². The first kappa shape index (κ1) is 24.2. The lowest BCUT2D eigenvalue weighted by Crippen LogP contribution is -2.44. The molecule has 2 rings (SSSR count). The Morgan fingerprint density at radius 1 is 1.37 bits per heavy atom. The van der Waals surface area contributed by atoms with Gasteiger partial charge in [-0.3, -0.25) is 9.79 Å². The van der Waals surface area contributed by atoms with Crippen LogP contribution in [0.25, 0.3) is 0 Å². The van der Waals surface area contributed by atoms with Gasteiger partial charge in [-0.2, -0.15) is 0 Å². The highest BCUT2D eigenvalue weighted by atomic mass is 127. The summed E-state index contributed by atoms with van der Waals surface area (Å²) >= 11 is 1.80. The largest absolute Gasteiger partial charge is 0.356 e. The number of aliphatic imine (C=N–C) groups is 1. The van der Waals surface area contributed by atoms with Crippen LogP contribution in [-0.2, 0) is 17.8 Å². The third-order valence-electron chi connectivity index (χ3n) is 4.89. The molecule has 0 spiro atoms. The van der Waals surface area contributed by atoms with Gasteiger partial charge in [0.1, 0.15) is 0 Å². The molecule has 0 bridgehead atoms. The van der Waals surface area contributed by atoms with Gasteiger partial charge in [0.2, 0.25) is 5.91 Å². The third kappa shape index (κ3) is 8.37. The number of guanidine groups is 1. The average Bonchev–Trinajstić information content (AvgIpc) is 3.12. The summed E-state index contributed by atoms with van der Waals surface area (Å²) < 4.78 is 0. The zero-order chi connectivity index (χ0) is 18.8. The van der Waals surface area contributed by atoms with E-state index in [1.54, 1.807) is 18.4 Å². The maximum Gasteiger partial charge on any atom is 0.224 e. The molecule has 27 heavy (non-hydrogen) atoms. The first-order valence-electron chi connectivity index (χ1n) is 9.94. The molecule has 0 aromatic carbocycles. The SMILES string of the molecule is CCCCCCC(C)NC(=NC)NCCC(=O)N1CCc2sccc2C1.I. The highest BCUT2D eigenvalue weighted by Gasteiger charge is 2.21. The van der Waals surface area contributed by atoms with E-state index in [9.17, 15) is 4.79 Å². The number of rotatable bonds is 9. The first-order valence-corrected chi connectivity index (χ1v) is 10.8. The average molecular weight is 506 g/mol. The second-order valence-electron chi connectivity index (χ2n) is 7.08. The van der Waals surface area contributed by atoms with Crippen LogP contribution >= 0.6 is 35.3 Å². The summed E-state index contributed by atoms with van der Waals surface area (Å²) in [6.45, 7) is 6.65. The predicted molar refractivity (Wildman–Crippen MR) is 126 cm³/mol. The Labute approximate surface area is 185 Å². The number of fused-ring (bicyclic) bond motifs is 1. The summed E-state index contributed by atoms with van der Waals surface area (Å²) in [6.07, 6.45) is 7.77. The van der Waals surface area contributed by atoms with E-state index in [1.165, 1.54) is 36.1 Å². The van der Waals surface area contributed by atoms with Gasteiger partial charge in [0.15, 0.2) is 5.96 Å². The van der Waals surface area contributed by atoms with E-state index in [0.717, 1.165) is 31.9 Å². The van der Waals surface area contributed by atoms with E-state index in [1.807, 2.05) is 4.90 Å². The van der Waals surface area contributed by atoms with Crippen LogP contribution in [-0.4, -0.2) is 42.9 Å². The van der Waals surface area contributed by atoms with Crippen LogP contribution in [0, 0.1) is 0 Å². The van der Waals surface area contributed by atoms with Gasteiger partial charge in [-0.15, -0.1) is 35.3 Å². The molecule has 0 saturated carbocycles. The Kier molecular flexibility index (Phi) is 12.0. The Bertz CT molecular complexity index is 590. The van der Waals surface area contributed by atoms with Crippen LogP contribution in [0.4, 0.5) is 0 Å². The van der Waals surface area contributed by atoms with Crippen molar-refractivity contribution in [1.29, 1.82) is 0 Å². The molecule has 1 aromatic heterocycles. The van der Waals surface area contributed by atoms with Crippen LogP contribution in [0.2, 0.25) is 0 Å². The molecule has 0 saturated heterocycles. The minimum Gasteiger partial charge on any atom is -0.356 e. The fourth-order valence-corrected chi connectivity index (χ4v) is 4.17. The van der Waals surface area contributed by atoms with Crippen molar-refractivity contribution in [3.63, 3.8) is 0 Å². The molecule has 1 aliphatic rings. The lowest BCUT2D eigenvalue weighted by Gasteiger charge is -2.27. The van der Waals surface area contributed by atoms with Crippen molar-refractivity contribution in [2.75, 3.05) is 20.1 Å². The van der Waals surface area contributed by atoms with Gasteiger partial charge in [-0.1, -0.05) is 32.6 Å². The minimum absolute atomic E-state index is 0. The highest BCUT2D eigenvalue weighted by molar-refractivity contribution is 14.0. The Balaban J connectivity index is 0.00000364. The fraction of sp³-hybridized carbons (Fsp3) is 0.700. The van der Waals surface area contributed by atoms with Crippen LogP contribution in [0.15, 0.2) is 16.4 Å². The van der Waals surface area contributed by atoms with Crippen LogP contribution < -0.4 is 10.6 Å². The predicted octanol–water partition coefficient (Wildman–Crippen LogP) is 4.16. The lowest BCUT2D eigenvalue weighted by atomic mass is 10.1. The number of hydrogen-bond acceptors (Lipinski definition) is 3. The molecule has 1 aromatic rings. The fourth-order valence-electron chi connectivity index (χ4n) is 3.28. The lowest BCUT2D eigenvalue weighted by molar-refractivity contribution is -0.131. The Morgan fingerprint density at radius 2 is 2.19 bits per heavy atom. The summed E-state index contributed by atoms with van der Waals surface area (Å²) in [5, 5.41) is 8.83. The molecule has 2 heterocycles. The standard InChI is InChI=1S/C20H34N4OS.HI/c1-4-5-6-7-8-16(2)23-20(21-3)22-12-9-19(25)24-13-10-18-17(15-24)11-14-26-18;/h11,14,16H,4-10,12-13,15H2,1-3H3,(H2,21,22,23);1H. The van der Waals surface area contributed by atoms with Crippen molar-refractivity contribution in [3.8, 4) is 0 Å². The van der Waals surface area contributed by atoms with Crippen molar-refractivity contribution in [2.45, 2.75) is 71.4 Å². The molecule has 0 radical (unpaired) electrons. The second kappa shape index (κ2) is 13.4. The van der Waals surface area contributed by atoms with E-state index in [0.29, 0.717) is 19.0 Å². The molecule has 1 unspecified atom stereocenters. The van der Waals surface area contributed by atoms with Crippen molar-refractivity contribution in [3.05, 3.63) is 21.9 Å². The molecule has 154 valence electrons. The van der Waals surface area contributed by atoms with E-state index >= 15 is 0 Å². The summed E-state index contributed by atoms with van der Waals surface area (Å²) in [4.78, 5) is 20.1. The zero-order valence-corrected chi connectivity index (χ0v) is 20.1. The summed E-state index contributed by atoms with van der Waals surface area (Å²) in [5.41, 5.74) is 1.32. The Morgan fingerprint density at radius 3 is 2.93 bits per heavy atom. The quantitative estimate of drug-likeness (QED) is 0.229. The van der Waals surface area contributed by atoms with Crippen molar-refractivity contribution >= 4 is 47.2 Å². The van der Waals surface area contributed by atoms with Crippen LogP contribution in [0.1, 0.15) is 62.8 Å². The maximum absolute atomic E-state index is 12.5. The zero-order valence-electron chi connectivity index (χ0n) is 16.9. The number of amides is 1. The van der Waals surface area contributed by atoms with Crippen molar-refractivity contribution in [2.24, 2.45) is 4.99 Å². The molecule has 1 atom stereocenters. The molecule has 5 nitrogen and oxygen atoms in total. The number of unbranched alkanes of at least 4 members (excludes halogenated alkanes) is 3. The molecule has 7 heteroatoms. The topological polar surface area (TPSA) is 56.7 Å². The number of carbonyl (C=O) groups is 1. The maximum atomic E-state index is 12.5. The number of thiophene rings is 1. The summed E-state index contributed by atoms with van der Waals surface area (Å²) in [5.74, 6) is 1.01. The molecule has 1 aliphatic heterocycles. The molecule has 2 N–H and O–H groups in total. The monoisotopic (exact) mass is 506 g/mol. The molecular weight excluding hydrogens is 471 g/mol. The number of carbonyl (C=O) groups excluding carboxylic acids is 1. The third-order valence-corrected chi connectivity index (χ3v) is 5.91. The number of halogens is 1. The van der Waals surface area contributed by atoms with Crippen molar-refractivity contribution < 1.29 is 4.79 Å². The van der Waals surface area contributed by atoms with Crippen molar-refractivity contribution in [1.82, 2.24) is 15.5 Å². The smallest absolute Gasteiger partial charge is 0.224 e. The normalized spacial score (nSPS) is 14.9. The van der Waals surface area contributed by atoms with Gasteiger partial charge >= 0.3 is 0 Å². The molecule has 0 aliphatic carbocycles. The molecule has 1 amide bonds. The van der Waals surface area contributed by atoms with Gasteiger partial charge in [0, 0.05) is 44.0 Å². The Hall–Kier alpha value is -0.830.